The Morgan fingerprint density at radius 1 is 1.33 bits per heavy atom. The second-order valence-corrected chi connectivity index (χ2v) is 5.78. The molecule has 1 aliphatic carbocycles. The Labute approximate surface area is 116 Å². The summed E-state index contributed by atoms with van der Waals surface area (Å²) < 4.78 is 6.81. The first-order valence-corrected chi connectivity index (χ1v) is 7.19. The first-order valence-electron chi connectivity index (χ1n) is 6.40. The summed E-state index contributed by atoms with van der Waals surface area (Å²) in [5.41, 5.74) is 0.760. The van der Waals surface area contributed by atoms with Crippen LogP contribution in [0.4, 0.5) is 0 Å². The van der Waals surface area contributed by atoms with Gasteiger partial charge in [-0.2, -0.15) is 0 Å². The Balaban J connectivity index is 2.18. The molecule has 3 atom stereocenters. The van der Waals surface area contributed by atoms with Crippen LogP contribution in [0.1, 0.15) is 44.3 Å². The minimum Gasteiger partial charge on any atom is -0.487 e. The number of aliphatic hydroxyl groups is 2. The third-order valence-corrected chi connectivity index (χ3v) is 3.86. The molecule has 2 unspecified atom stereocenters. The van der Waals surface area contributed by atoms with Gasteiger partial charge in [-0.1, -0.05) is 28.4 Å². The third-order valence-electron chi connectivity index (χ3n) is 3.37. The second-order valence-electron chi connectivity index (χ2n) is 4.87. The molecular weight excluding hydrogens is 296 g/mol. The maximum absolute atomic E-state index is 9.93. The molecule has 0 amide bonds. The largest absolute Gasteiger partial charge is 0.487 e. The van der Waals surface area contributed by atoms with Crippen LogP contribution in [-0.2, 0) is 0 Å². The number of hydrogen-bond acceptors (Lipinski definition) is 3. The number of rotatable bonds is 3. The van der Waals surface area contributed by atoms with Crippen molar-refractivity contribution in [2.24, 2.45) is 0 Å². The van der Waals surface area contributed by atoms with Crippen molar-refractivity contribution in [3.05, 3.63) is 28.2 Å². The molecule has 1 saturated carbocycles. The van der Waals surface area contributed by atoms with E-state index in [4.69, 9.17) is 4.74 Å². The molecule has 0 saturated heterocycles. The molecule has 4 heteroatoms. The van der Waals surface area contributed by atoms with Gasteiger partial charge in [0.05, 0.1) is 12.2 Å². The fourth-order valence-corrected chi connectivity index (χ4v) is 2.67. The number of hydrogen-bond donors (Lipinski definition) is 2. The molecule has 1 aromatic rings. The quantitative estimate of drug-likeness (QED) is 0.901. The van der Waals surface area contributed by atoms with Gasteiger partial charge in [-0.15, -0.1) is 0 Å². The van der Waals surface area contributed by atoms with E-state index in [-0.39, 0.29) is 6.10 Å². The van der Waals surface area contributed by atoms with Gasteiger partial charge in [0.15, 0.2) is 0 Å². The molecule has 1 aromatic carbocycles. The van der Waals surface area contributed by atoms with Crippen LogP contribution in [0, 0.1) is 0 Å². The minimum absolute atomic E-state index is 0.162. The molecule has 18 heavy (non-hydrogen) atoms. The summed E-state index contributed by atoms with van der Waals surface area (Å²) in [4.78, 5) is 0. The van der Waals surface area contributed by atoms with E-state index in [9.17, 15) is 10.2 Å². The summed E-state index contributed by atoms with van der Waals surface area (Å²) in [6.07, 6.45) is 2.66. The van der Waals surface area contributed by atoms with Crippen LogP contribution in [0.25, 0.3) is 0 Å². The second kappa shape index (κ2) is 6.04. The van der Waals surface area contributed by atoms with Crippen molar-refractivity contribution >= 4 is 15.9 Å². The van der Waals surface area contributed by atoms with E-state index in [1.165, 1.54) is 0 Å². The lowest BCUT2D eigenvalue weighted by Crippen LogP contribution is -2.34. The average molecular weight is 315 g/mol. The van der Waals surface area contributed by atoms with Gasteiger partial charge in [-0.25, -0.2) is 0 Å². The van der Waals surface area contributed by atoms with Crippen LogP contribution < -0.4 is 4.74 Å². The number of halogens is 1. The van der Waals surface area contributed by atoms with Crippen LogP contribution in [-0.4, -0.2) is 22.4 Å². The van der Waals surface area contributed by atoms with Crippen LogP contribution >= 0.6 is 15.9 Å². The van der Waals surface area contributed by atoms with Gasteiger partial charge in [0, 0.05) is 10.0 Å². The van der Waals surface area contributed by atoms with Crippen molar-refractivity contribution in [3.63, 3.8) is 0 Å². The average Bonchev–Trinajstić information content (AvgIpc) is 2.32. The van der Waals surface area contributed by atoms with E-state index in [1.807, 2.05) is 18.2 Å². The highest BCUT2D eigenvalue weighted by atomic mass is 79.9. The summed E-state index contributed by atoms with van der Waals surface area (Å²) in [5, 5.41) is 19.7. The molecular formula is C14H19BrO3. The SMILES string of the molecule is C[C@H](O)c1ccc(Br)cc1OC1CCCCC1O. The van der Waals surface area contributed by atoms with Crippen molar-refractivity contribution in [2.75, 3.05) is 0 Å². The third kappa shape index (κ3) is 3.25. The fraction of sp³-hybridized carbons (Fsp3) is 0.571. The Morgan fingerprint density at radius 2 is 2.06 bits per heavy atom. The molecule has 0 heterocycles. The lowest BCUT2D eigenvalue weighted by Gasteiger charge is -2.29. The van der Waals surface area contributed by atoms with E-state index in [0.29, 0.717) is 5.75 Å². The van der Waals surface area contributed by atoms with Gasteiger partial charge in [0.25, 0.3) is 0 Å². The lowest BCUT2D eigenvalue weighted by atomic mass is 9.94. The van der Waals surface area contributed by atoms with E-state index in [1.54, 1.807) is 6.92 Å². The zero-order chi connectivity index (χ0) is 13.1. The van der Waals surface area contributed by atoms with Crippen LogP contribution in [0.2, 0.25) is 0 Å². The van der Waals surface area contributed by atoms with Gasteiger partial charge in [-0.05, 0) is 38.3 Å². The standard InChI is InChI=1S/C14H19BrO3/c1-9(16)11-7-6-10(15)8-14(11)18-13-5-3-2-4-12(13)17/h6-9,12-13,16-17H,2-5H2,1H3/t9-,12?,13?/m0/s1. The molecule has 0 aliphatic heterocycles. The molecule has 2 rings (SSSR count). The smallest absolute Gasteiger partial charge is 0.126 e. The number of benzene rings is 1. The predicted octanol–water partition coefficient (Wildman–Crippen LogP) is 3.18. The summed E-state index contributed by atoms with van der Waals surface area (Å²) in [6.45, 7) is 1.72. The summed E-state index contributed by atoms with van der Waals surface area (Å²) in [6, 6.07) is 5.58. The summed E-state index contributed by atoms with van der Waals surface area (Å²) in [5.74, 6) is 0.658. The molecule has 0 aromatic heterocycles. The van der Waals surface area contributed by atoms with Gasteiger partial charge >= 0.3 is 0 Å². The first-order chi connectivity index (χ1) is 8.58. The minimum atomic E-state index is -0.575. The van der Waals surface area contributed by atoms with Gasteiger partial charge < -0.3 is 14.9 Å². The van der Waals surface area contributed by atoms with Crippen LogP contribution in [0.3, 0.4) is 0 Å². The molecule has 0 bridgehead atoms. The van der Waals surface area contributed by atoms with Crippen molar-refractivity contribution in [3.8, 4) is 5.75 Å². The van der Waals surface area contributed by atoms with Crippen molar-refractivity contribution < 1.29 is 14.9 Å². The van der Waals surface area contributed by atoms with Gasteiger partial charge in [0.1, 0.15) is 11.9 Å². The maximum Gasteiger partial charge on any atom is 0.126 e. The first kappa shape index (κ1) is 13.8. The summed E-state index contributed by atoms with van der Waals surface area (Å²) >= 11 is 3.40. The monoisotopic (exact) mass is 314 g/mol. The molecule has 0 spiro atoms. The van der Waals surface area contributed by atoms with E-state index in [0.717, 1.165) is 35.7 Å². The highest BCUT2D eigenvalue weighted by molar-refractivity contribution is 9.10. The van der Waals surface area contributed by atoms with Gasteiger partial charge in [-0.3, -0.25) is 0 Å². The molecule has 3 nitrogen and oxygen atoms in total. The predicted molar refractivity (Wildman–Crippen MR) is 73.7 cm³/mol. The number of ether oxygens (including phenoxy) is 1. The van der Waals surface area contributed by atoms with Crippen molar-refractivity contribution in [1.29, 1.82) is 0 Å². The molecule has 1 fully saturated rings. The Morgan fingerprint density at radius 3 is 2.72 bits per heavy atom. The van der Waals surface area contributed by atoms with Crippen LogP contribution in [0.5, 0.6) is 5.75 Å². The highest BCUT2D eigenvalue weighted by Crippen LogP contribution is 2.32. The zero-order valence-electron chi connectivity index (χ0n) is 10.5. The Hall–Kier alpha value is -0.580. The molecule has 1 aliphatic rings. The molecule has 100 valence electrons. The zero-order valence-corrected chi connectivity index (χ0v) is 12.1. The maximum atomic E-state index is 9.93. The molecule has 2 N–H and O–H groups in total. The summed E-state index contributed by atoms with van der Waals surface area (Å²) in [7, 11) is 0. The topological polar surface area (TPSA) is 49.7 Å². The van der Waals surface area contributed by atoms with Gasteiger partial charge in [0.2, 0.25) is 0 Å². The molecule has 0 radical (unpaired) electrons. The fourth-order valence-electron chi connectivity index (χ4n) is 2.33. The van der Waals surface area contributed by atoms with E-state index in [2.05, 4.69) is 15.9 Å². The normalized spacial score (nSPS) is 25.8. The lowest BCUT2D eigenvalue weighted by molar-refractivity contribution is 0.00525. The van der Waals surface area contributed by atoms with Crippen molar-refractivity contribution in [1.82, 2.24) is 0 Å². The van der Waals surface area contributed by atoms with Crippen molar-refractivity contribution in [2.45, 2.75) is 50.9 Å². The Bertz CT molecular complexity index is 406. The number of aliphatic hydroxyl groups excluding tert-OH is 2. The highest BCUT2D eigenvalue weighted by Gasteiger charge is 2.25. The van der Waals surface area contributed by atoms with Crippen LogP contribution in [0.15, 0.2) is 22.7 Å². The van der Waals surface area contributed by atoms with E-state index < -0.39 is 12.2 Å². The van der Waals surface area contributed by atoms with E-state index >= 15 is 0 Å². The Kier molecular flexibility index (Phi) is 4.65.